The van der Waals surface area contributed by atoms with Gasteiger partial charge in [-0.25, -0.2) is 4.68 Å². The largest absolute Gasteiger partial charge is 0.507 e. The Labute approximate surface area is 173 Å². The maximum absolute atomic E-state index is 11.6. The summed E-state index contributed by atoms with van der Waals surface area (Å²) < 4.78 is 1.73. The van der Waals surface area contributed by atoms with Crippen LogP contribution in [0.2, 0.25) is 0 Å². The first kappa shape index (κ1) is 20.3. The Balaban J connectivity index is 2.05. The molecule has 3 N–H and O–H groups in total. The number of thiazole rings is 1. The van der Waals surface area contributed by atoms with E-state index in [9.17, 15) is 9.90 Å². The van der Waals surface area contributed by atoms with Crippen molar-refractivity contribution in [2.75, 3.05) is 25.5 Å². The Morgan fingerprint density at radius 1 is 1.24 bits per heavy atom. The van der Waals surface area contributed by atoms with E-state index in [0.29, 0.717) is 12.1 Å². The molecular weight excluding hydrogens is 386 g/mol. The van der Waals surface area contributed by atoms with E-state index in [2.05, 4.69) is 10.1 Å². The minimum absolute atomic E-state index is 0.0671. The number of aromatic hydroxyl groups is 1. The van der Waals surface area contributed by atoms with Crippen LogP contribution >= 0.6 is 11.3 Å². The molecule has 0 radical (unpaired) electrons. The van der Waals surface area contributed by atoms with Crippen molar-refractivity contribution in [3.8, 4) is 17.0 Å². The summed E-state index contributed by atoms with van der Waals surface area (Å²) in [6, 6.07) is 12.8. The van der Waals surface area contributed by atoms with Crippen molar-refractivity contribution in [1.29, 1.82) is 0 Å². The molecule has 0 aliphatic rings. The molecule has 1 aromatic heterocycles. The second-order valence-corrected chi connectivity index (χ2v) is 7.35. The third-order valence-electron chi connectivity index (χ3n) is 4.27. The molecule has 0 spiro atoms. The van der Waals surface area contributed by atoms with Gasteiger partial charge in [-0.2, -0.15) is 5.10 Å². The third-order valence-corrected chi connectivity index (χ3v) is 5.12. The zero-order valence-corrected chi connectivity index (χ0v) is 17.3. The fraction of sp³-hybridized carbons (Fsp3) is 0.190. The van der Waals surface area contributed by atoms with E-state index in [1.165, 1.54) is 17.4 Å². The second-order valence-electron chi connectivity index (χ2n) is 6.52. The molecule has 8 heteroatoms. The molecule has 29 heavy (non-hydrogen) atoms. The quantitative estimate of drug-likeness (QED) is 0.613. The summed E-state index contributed by atoms with van der Waals surface area (Å²) in [5, 5.41) is 16.4. The van der Waals surface area contributed by atoms with Gasteiger partial charge in [0, 0.05) is 37.3 Å². The van der Waals surface area contributed by atoms with Crippen LogP contribution in [0.4, 0.5) is 5.69 Å². The second kappa shape index (κ2) is 8.74. The number of phenols is 1. The lowest BCUT2D eigenvalue weighted by molar-refractivity contribution is 0.0998. The summed E-state index contributed by atoms with van der Waals surface area (Å²) in [4.78, 5) is 18.9. The van der Waals surface area contributed by atoms with Crippen molar-refractivity contribution in [2.24, 2.45) is 15.8 Å². The van der Waals surface area contributed by atoms with Gasteiger partial charge in [-0.15, -0.1) is 11.3 Å². The molecule has 2 aromatic carbocycles. The molecule has 0 aliphatic carbocycles. The minimum atomic E-state index is -0.686. The molecule has 0 saturated carbocycles. The normalized spacial score (nSPS) is 11.9. The van der Waals surface area contributed by atoms with Crippen molar-refractivity contribution in [2.45, 2.75) is 6.92 Å². The van der Waals surface area contributed by atoms with E-state index < -0.39 is 5.91 Å². The van der Waals surface area contributed by atoms with E-state index in [1.54, 1.807) is 23.0 Å². The van der Waals surface area contributed by atoms with Crippen LogP contribution in [0.25, 0.3) is 11.3 Å². The van der Waals surface area contributed by atoms with Crippen LogP contribution in [0.5, 0.6) is 5.75 Å². The van der Waals surface area contributed by atoms with Crippen molar-refractivity contribution >= 4 is 29.1 Å². The van der Waals surface area contributed by atoms with Crippen molar-refractivity contribution in [3.63, 3.8) is 0 Å². The van der Waals surface area contributed by atoms with Crippen molar-refractivity contribution < 1.29 is 9.90 Å². The van der Waals surface area contributed by atoms with E-state index in [1.807, 2.05) is 55.6 Å². The van der Waals surface area contributed by atoms with E-state index in [-0.39, 0.29) is 11.3 Å². The minimum Gasteiger partial charge on any atom is -0.507 e. The zero-order valence-electron chi connectivity index (χ0n) is 16.5. The Morgan fingerprint density at radius 2 is 1.97 bits per heavy atom. The molecule has 0 aliphatic heterocycles. The number of anilines is 1. The van der Waals surface area contributed by atoms with Crippen LogP contribution in [0.1, 0.15) is 22.8 Å². The molecular formula is C21H23N5O2S. The number of hydrogen-bond acceptors (Lipinski definition) is 6. The molecule has 7 nitrogen and oxygen atoms in total. The highest BCUT2D eigenvalue weighted by molar-refractivity contribution is 7.07. The predicted octanol–water partition coefficient (Wildman–Crippen LogP) is 2.89. The lowest BCUT2D eigenvalue weighted by Gasteiger charge is -2.11. The molecule has 0 unspecified atom stereocenters. The number of carbonyl (C=O) groups excluding carboxylic acids is 1. The Kier molecular flexibility index (Phi) is 6.13. The van der Waals surface area contributed by atoms with Gasteiger partial charge in [-0.3, -0.25) is 9.79 Å². The molecule has 0 fully saturated rings. The fourth-order valence-electron chi connectivity index (χ4n) is 2.73. The Morgan fingerprint density at radius 3 is 2.59 bits per heavy atom. The van der Waals surface area contributed by atoms with Gasteiger partial charge in [0.2, 0.25) is 4.80 Å². The van der Waals surface area contributed by atoms with E-state index in [4.69, 9.17) is 5.73 Å². The molecule has 0 saturated heterocycles. The van der Waals surface area contributed by atoms with Crippen LogP contribution in [0.15, 0.2) is 57.9 Å². The van der Waals surface area contributed by atoms with Gasteiger partial charge in [0.15, 0.2) is 0 Å². The highest BCUT2D eigenvalue weighted by atomic mass is 32.1. The van der Waals surface area contributed by atoms with Gasteiger partial charge in [-0.1, -0.05) is 12.1 Å². The predicted molar refractivity (Wildman–Crippen MR) is 118 cm³/mol. The third kappa shape index (κ3) is 4.55. The standard InChI is InChI=1S/C21H23N5O2S/c1-4-23-21-26(24-12-14-5-8-16(9-6-14)25(2)3)18(13-29-21)15-7-10-19(27)17(11-15)20(22)28/h5-13,27H,4H2,1-3H3,(H2,22,28). The molecule has 150 valence electrons. The monoisotopic (exact) mass is 409 g/mol. The first-order valence-corrected chi connectivity index (χ1v) is 9.94. The number of primary amides is 1. The van der Waals surface area contributed by atoms with Crippen LogP contribution in [0.3, 0.4) is 0 Å². The SMILES string of the molecule is CCN=c1scc(-c2ccc(O)c(C(N)=O)c2)n1N=Cc1ccc(N(C)C)cc1. The molecule has 0 bridgehead atoms. The topological polar surface area (TPSA) is 96.2 Å². The number of nitrogens with zero attached hydrogens (tertiary/aromatic N) is 4. The number of hydrogen-bond donors (Lipinski definition) is 2. The molecule has 1 heterocycles. The van der Waals surface area contributed by atoms with Crippen LogP contribution in [-0.4, -0.2) is 42.5 Å². The Bertz CT molecular complexity index is 1110. The average molecular weight is 410 g/mol. The summed E-state index contributed by atoms with van der Waals surface area (Å²) in [5.41, 5.74) is 8.96. The first-order chi connectivity index (χ1) is 13.9. The van der Waals surface area contributed by atoms with Crippen LogP contribution in [-0.2, 0) is 0 Å². The number of nitrogens with two attached hydrogens (primary N) is 1. The van der Waals surface area contributed by atoms with Gasteiger partial charge in [0.25, 0.3) is 5.91 Å². The number of aromatic nitrogens is 1. The molecule has 3 aromatic rings. The van der Waals surface area contributed by atoms with Gasteiger partial charge < -0.3 is 15.7 Å². The van der Waals surface area contributed by atoms with E-state index in [0.717, 1.165) is 21.7 Å². The smallest absolute Gasteiger partial charge is 0.252 e. The summed E-state index contributed by atoms with van der Waals surface area (Å²) in [6.07, 6.45) is 1.76. The molecule has 1 amide bonds. The fourth-order valence-corrected chi connectivity index (χ4v) is 3.63. The lowest BCUT2D eigenvalue weighted by atomic mass is 10.1. The zero-order chi connectivity index (χ0) is 21.0. The van der Waals surface area contributed by atoms with Crippen LogP contribution in [0, 0.1) is 0 Å². The molecule has 0 atom stereocenters. The van der Waals surface area contributed by atoms with Crippen molar-refractivity contribution in [3.05, 3.63) is 63.8 Å². The summed E-state index contributed by atoms with van der Waals surface area (Å²) in [7, 11) is 3.99. The Hall–Kier alpha value is -3.39. The first-order valence-electron chi connectivity index (χ1n) is 9.06. The highest BCUT2D eigenvalue weighted by Gasteiger charge is 2.13. The highest BCUT2D eigenvalue weighted by Crippen LogP contribution is 2.26. The van der Waals surface area contributed by atoms with Gasteiger partial charge in [-0.05, 0) is 42.8 Å². The van der Waals surface area contributed by atoms with Gasteiger partial charge in [0.1, 0.15) is 5.75 Å². The van der Waals surface area contributed by atoms with E-state index >= 15 is 0 Å². The summed E-state index contributed by atoms with van der Waals surface area (Å²) in [6.45, 7) is 2.58. The average Bonchev–Trinajstić information content (AvgIpc) is 3.09. The molecule has 3 rings (SSSR count). The van der Waals surface area contributed by atoms with Gasteiger partial charge in [0.05, 0.1) is 17.5 Å². The number of rotatable bonds is 6. The number of benzene rings is 2. The lowest BCUT2D eigenvalue weighted by Crippen LogP contribution is -2.13. The van der Waals surface area contributed by atoms with Crippen LogP contribution < -0.4 is 15.4 Å². The maximum atomic E-state index is 11.6. The summed E-state index contributed by atoms with van der Waals surface area (Å²) in [5.74, 6) is -0.833. The van der Waals surface area contributed by atoms with Gasteiger partial charge >= 0.3 is 0 Å². The number of carbonyl (C=O) groups is 1. The summed E-state index contributed by atoms with van der Waals surface area (Å²) >= 11 is 1.45. The maximum Gasteiger partial charge on any atom is 0.252 e. The number of amides is 1. The van der Waals surface area contributed by atoms with Crippen molar-refractivity contribution in [1.82, 2.24) is 4.68 Å².